The molecule has 1 aliphatic carbocycles. The standard InChI is InChI=1S/C50H62FN7O7S/c1-33-43(66-32-53-33)36-15-17-38(30-52-46(60)40-13-10-22-58(40)47(61)44(49(2,3)4)54-48(62)50(51)19-20-50)42(29-36)65-25-8-6-7-21-56(5)31-34-11-9-12-39(27-34)64-26-24-57-23-18-35-14-16-37(28-41(35)57)45(59)55-63/h9,11-12,14-18,23,27-29,32,40,44,63H,6-8,10,13,19-22,24-26,30-31H2,1-5H3,(H,52,60)(H,54,62)(H,55,59). The fourth-order valence-corrected chi connectivity index (χ4v) is 9.19. The summed E-state index contributed by atoms with van der Waals surface area (Å²) in [6.45, 7) is 11.2. The third-order valence-corrected chi connectivity index (χ3v) is 13.4. The highest BCUT2D eigenvalue weighted by Crippen LogP contribution is 2.40. The molecular weight excluding hydrogens is 862 g/mol. The lowest BCUT2D eigenvalue weighted by Gasteiger charge is -2.35. The topological polar surface area (TPSA) is 167 Å². The summed E-state index contributed by atoms with van der Waals surface area (Å²) >= 11 is 1.56. The molecule has 16 heteroatoms. The zero-order valence-electron chi connectivity index (χ0n) is 38.5. The first-order valence-electron chi connectivity index (χ1n) is 22.8. The van der Waals surface area contributed by atoms with Crippen LogP contribution in [-0.2, 0) is 34.0 Å². The van der Waals surface area contributed by atoms with Gasteiger partial charge in [0.1, 0.15) is 30.2 Å². The van der Waals surface area contributed by atoms with E-state index < -0.39 is 35.0 Å². The molecule has 0 radical (unpaired) electrons. The number of rotatable bonds is 21. The lowest BCUT2D eigenvalue weighted by Crippen LogP contribution is -2.58. The van der Waals surface area contributed by atoms with Gasteiger partial charge in [-0.25, -0.2) is 14.9 Å². The van der Waals surface area contributed by atoms with Gasteiger partial charge in [0, 0.05) is 42.5 Å². The van der Waals surface area contributed by atoms with Crippen molar-refractivity contribution in [2.45, 2.75) is 110 Å². The highest BCUT2D eigenvalue weighted by atomic mass is 32.1. The van der Waals surface area contributed by atoms with Crippen molar-refractivity contribution in [3.63, 3.8) is 0 Å². The molecule has 2 aliphatic rings. The summed E-state index contributed by atoms with van der Waals surface area (Å²) in [4.78, 5) is 61.6. The van der Waals surface area contributed by atoms with Crippen LogP contribution in [0.4, 0.5) is 4.39 Å². The quantitative estimate of drug-likeness (QED) is 0.0330. The fraction of sp³-hybridized carbons (Fsp3) is 0.460. The number of hydrogen-bond donors (Lipinski definition) is 4. The second-order valence-electron chi connectivity index (χ2n) is 18.6. The molecule has 352 valence electrons. The van der Waals surface area contributed by atoms with Crippen LogP contribution in [-0.4, -0.2) is 99.3 Å². The number of amides is 4. The molecule has 3 aromatic carbocycles. The van der Waals surface area contributed by atoms with Crippen LogP contribution in [0.15, 0.2) is 78.4 Å². The second-order valence-corrected chi connectivity index (χ2v) is 19.5. The van der Waals surface area contributed by atoms with Crippen molar-refractivity contribution < 1.29 is 38.2 Å². The Balaban J connectivity index is 0.880. The van der Waals surface area contributed by atoms with E-state index in [9.17, 15) is 23.6 Å². The number of nitrogens with one attached hydrogen (secondary N) is 3. The van der Waals surface area contributed by atoms with Crippen molar-refractivity contribution in [1.82, 2.24) is 35.5 Å². The van der Waals surface area contributed by atoms with E-state index in [-0.39, 0.29) is 31.2 Å². The number of ether oxygens (including phenoxy) is 2. The van der Waals surface area contributed by atoms with Gasteiger partial charge in [-0.2, -0.15) is 0 Å². The van der Waals surface area contributed by atoms with E-state index >= 15 is 0 Å². The van der Waals surface area contributed by atoms with E-state index in [0.717, 1.165) is 76.3 Å². The van der Waals surface area contributed by atoms with Gasteiger partial charge in [-0.05, 0) is 124 Å². The van der Waals surface area contributed by atoms with Gasteiger partial charge in [0.15, 0.2) is 5.67 Å². The van der Waals surface area contributed by atoms with Gasteiger partial charge in [0.05, 0.1) is 29.2 Å². The molecule has 14 nitrogen and oxygen atoms in total. The number of aromatic nitrogens is 2. The minimum absolute atomic E-state index is 0.152. The van der Waals surface area contributed by atoms with Gasteiger partial charge in [0.2, 0.25) is 11.8 Å². The van der Waals surface area contributed by atoms with Crippen LogP contribution < -0.4 is 25.6 Å². The Morgan fingerprint density at radius 2 is 1.83 bits per heavy atom. The van der Waals surface area contributed by atoms with Gasteiger partial charge >= 0.3 is 0 Å². The number of aryl methyl sites for hydroxylation is 1. The van der Waals surface area contributed by atoms with Crippen LogP contribution in [0.3, 0.4) is 0 Å². The van der Waals surface area contributed by atoms with Crippen molar-refractivity contribution in [3.8, 4) is 21.9 Å². The van der Waals surface area contributed by atoms with Crippen LogP contribution in [0.1, 0.15) is 92.9 Å². The van der Waals surface area contributed by atoms with Crippen LogP contribution in [0, 0.1) is 12.3 Å². The largest absolute Gasteiger partial charge is 0.493 e. The molecule has 1 saturated heterocycles. The molecule has 2 unspecified atom stereocenters. The third-order valence-electron chi connectivity index (χ3n) is 12.4. The first-order chi connectivity index (χ1) is 31.6. The summed E-state index contributed by atoms with van der Waals surface area (Å²) in [5.74, 6) is -0.501. The number of alkyl halides is 1. The molecule has 66 heavy (non-hydrogen) atoms. The summed E-state index contributed by atoms with van der Waals surface area (Å²) in [5.41, 5.74) is 6.05. The summed E-state index contributed by atoms with van der Waals surface area (Å²) in [5, 5.41) is 15.8. The van der Waals surface area contributed by atoms with Crippen molar-refractivity contribution in [2.75, 3.05) is 33.4 Å². The second kappa shape index (κ2) is 21.2. The maximum atomic E-state index is 14.6. The third kappa shape index (κ3) is 11.9. The summed E-state index contributed by atoms with van der Waals surface area (Å²) in [6, 6.07) is 19.7. The number of carbonyl (C=O) groups excluding carboxylic acids is 4. The molecule has 5 aromatic rings. The Bertz CT molecular complexity index is 2510. The maximum absolute atomic E-state index is 14.6. The predicted molar refractivity (Wildman–Crippen MR) is 252 cm³/mol. The molecular formula is C50H62FN7O7S. The number of fused-ring (bicyclic) bond motifs is 1. The van der Waals surface area contributed by atoms with E-state index in [4.69, 9.17) is 14.7 Å². The van der Waals surface area contributed by atoms with Crippen LogP contribution in [0.5, 0.6) is 11.5 Å². The Labute approximate surface area is 389 Å². The van der Waals surface area contributed by atoms with Gasteiger partial charge < -0.3 is 34.5 Å². The lowest BCUT2D eigenvalue weighted by molar-refractivity contribution is -0.144. The van der Waals surface area contributed by atoms with Crippen LogP contribution in [0.25, 0.3) is 21.3 Å². The first kappa shape index (κ1) is 48.1. The summed E-state index contributed by atoms with van der Waals surface area (Å²) in [6.07, 6.45) is 6.18. The number of thiazole rings is 1. The molecule has 1 aliphatic heterocycles. The van der Waals surface area contributed by atoms with E-state index in [2.05, 4.69) is 39.7 Å². The number of halogens is 1. The smallest absolute Gasteiger partial charge is 0.274 e. The van der Waals surface area contributed by atoms with E-state index in [1.54, 1.807) is 28.9 Å². The molecule has 1 saturated carbocycles. The van der Waals surface area contributed by atoms with Gasteiger partial charge in [0.25, 0.3) is 11.8 Å². The number of nitrogens with zero attached hydrogens (tertiary/aromatic N) is 4. The highest BCUT2D eigenvalue weighted by Gasteiger charge is 2.53. The zero-order chi connectivity index (χ0) is 47.0. The maximum Gasteiger partial charge on any atom is 0.274 e. The van der Waals surface area contributed by atoms with Crippen LogP contribution >= 0.6 is 11.3 Å². The number of hydroxylamine groups is 1. The van der Waals surface area contributed by atoms with Gasteiger partial charge in [-0.15, -0.1) is 11.3 Å². The number of benzene rings is 3. The molecule has 2 fully saturated rings. The Morgan fingerprint density at radius 1 is 1.02 bits per heavy atom. The van der Waals surface area contributed by atoms with E-state index in [0.29, 0.717) is 50.5 Å². The Morgan fingerprint density at radius 3 is 2.58 bits per heavy atom. The fourth-order valence-electron chi connectivity index (χ4n) is 8.38. The minimum Gasteiger partial charge on any atom is -0.493 e. The van der Waals surface area contributed by atoms with E-state index in [1.165, 1.54) is 4.90 Å². The molecule has 0 bridgehead atoms. The van der Waals surface area contributed by atoms with Crippen molar-refractivity contribution in [2.24, 2.45) is 5.41 Å². The van der Waals surface area contributed by atoms with Crippen molar-refractivity contribution >= 4 is 45.9 Å². The van der Waals surface area contributed by atoms with Gasteiger partial charge in [-0.3, -0.25) is 24.4 Å². The normalized spacial score (nSPS) is 16.0. The average Bonchev–Trinajstić information content (AvgIpc) is 3.61. The Hall–Kier alpha value is -5.84. The van der Waals surface area contributed by atoms with Crippen LogP contribution in [0.2, 0.25) is 0 Å². The minimum atomic E-state index is -1.91. The lowest BCUT2D eigenvalue weighted by atomic mass is 9.85. The SMILES string of the molecule is Cc1ncsc1-c1ccc(CNC(=O)C2CCCN2C(=O)C(NC(=O)C2(F)CC2)C(C)(C)C)c(OCCCCCN(C)Cc2cccc(OCCn3ccc4ccc(C(=O)NO)cc43)c2)c1. The zero-order valence-corrected chi connectivity index (χ0v) is 39.3. The summed E-state index contributed by atoms with van der Waals surface area (Å²) < 4.78 is 29.2. The highest BCUT2D eigenvalue weighted by molar-refractivity contribution is 7.13. The molecule has 3 heterocycles. The molecule has 2 atom stereocenters. The molecule has 4 N–H and O–H groups in total. The number of hydrogen-bond acceptors (Lipinski definition) is 10. The first-order valence-corrected chi connectivity index (χ1v) is 23.7. The molecule has 0 spiro atoms. The Kier molecular flexibility index (Phi) is 15.5. The summed E-state index contributed by atoms with van der Waals surface area (Å²) in [7, 11) is 2.11. The molecule has 7 rings (SSSR count). The number of likely N-dealkylation sites (tertiary alicyclic amines) is 1. The van der Waals surface area contributed by atoms with E-state index in [1.807, 2.05) is 86.4 Å². The number of unbranched alkanes of at least 4 members (excludes halogenated alkanes) is 2. The average molecular weight is 924 g/mol. The molecule has 4 amide bonds. The monoisotopic (exact) mass is 923 g/mol. The number of carbonyl (C=O) groups is 4. The molecule has 2 aromatic heterocycles. The van der Waals surface area contributed by atoms with Gasteiger partial charge in [-0.1, -0.05) is 51.1 Å². The van der Waals surface area contributed by atoms with Crippen molar-refractivity contribution in [3.05, 3.63) is 101 Å². The predicted octanol–water partition coefficient (Wildman–Crippen LogP) is 7.59. The van der Waals surface area contributed by atoms with Crippen molar-refractivity contribution in [1.29, 1.82) is 0 Å².